The number of nitrogens with zero attached hydrogens (tertiary/aromatic N) is 12. The van der Waals surface area contributed by atoms with E-state index in [0.29, 0.717) is 137 Å². The SMILES string of the molecule is C=C1Oc2cc3c(cc2N=Nc2ccc4ccccc4c2O1)OC(=C)Oc1c(ccc2ccccc12)N=N3.C=C1Oc2ccccc2N=Nc2cc3c(cc2O1)N=Nc1ccc2ccccc2c1OC(=C)O3.C=C1Oc2ccccc2N=Nc2cc3c(cc2O1)N=Nc1ccccc1OC(=C)O3. The summed E-state index contributed by atoms with van der Waals surface area (Å²) in [5.74, 6) is 5.25. The Morgan fingerprint density at radius 3 is 0.627 bits per heavy atom. The van der Waals surface area contributed by atoms with E-state index in [-0.39, 0.29) is 35.7 Å². The van der Waals surface area contributed by atoms with Gasteiger partial charge in [0.15, 0.2) is 69.0 Å². The molecule has 0 fully saturated rings. The van der Waals surface area contributed by atoms with E-state index in [0.717, 1.165) is 32.3 Å². The number of hydrogen-bond donors (Lipinski definition) is 0. The van der Waals surface area contributed by atoms with Crippen LogP contribution in [0, 0.1) is 0 Å². The molecule has 102 heavy (non-hydrogen) atoms. The molecule has 6 aliphatic rings. The monoisotopic (exact) mass is 1340 g/mol. The summed E-state index contributed by atoms with van der Waals surface area (Å²) in [6.07, 6.45) is 0. The number of hydrogen-bond acceptors (Lipinski definition) is 24. The van der Waals surface area contributed by atoms with E-state index in [2.05, 4.69) is 101 Å². The van der Waals surface area contributed by atoms with Crippen LogP contribution in [0.15, 0.2) is 355 Å². The van der Waals surface area contributed by atoms with E-state index in [1.807, 2.05) is 146 Å². The Morgan fingerprint density at radius 1 is 0.167 bits per heavy atom. The quantitative estimate of drug-likeness (QED) is 0.137. The molecular weight excluding hydrogens is 1300 g/mol. The third-order valence-corrected chi connectivity index (χ3v) is 15.5. The van der Waals surface area contributed by atoms with Crippen molar-refractivity contribution in [1.29, 1.82) is 0 Å². The predicted octanol–water partition coefficient (Wildman–Crippen LogP) is 24.5. The number of benzene rings is 12. The first-order valence-corrected chi connectivity index (χ1v) is 31.1. The van der Waals surface area contributed by atoms with Gasteiger partial charge in [-0.25, -0.2) is 0 Å². The van der Waals surface area contributed by atoms with Gasteiger partial charge in [0.1, 0.15) is 68.2 Å². The smallest absolute Gasteiger partial charge is 0.282 e. The van der Waals surface area contributed by atoms with E-state index in [1.54, 1.807) is 72.8 Å². The average molecular weight is 1350 g/mol. The molecule has 0 amide bonds. The predicted molar refractivity (Wildman–Crippen MR) is 378 cm³/mol. The molecule has 12 aromatic rings. The number of para-hydroxylation sites is 3. The molecule has 0 bridgehead atoms. The molecule has 18 rings (SSSR count). The Kier molecular flexibility index (Phi) is 16.1. The summed E-state index contributed by atoms with van der Waals surface area (Å²) in [7, 11) is 0. The van der Waals surface area contributed by atoms with Crippen molar-refractivity contribution in [3.8, 4) is 69.0 Å². The summed E-state index contributed by atoms with van der Waals surface area (Å²) in [6, 6.07) is 66.0. The zero-order chi connectivity index (χ0) is 69.2. The molecule has 12 aromatic carbocycles. The van der Waals surface area contributed by atoms with Gasteiger partial charge in [0.25, 0.3) is 35.7 Å². The van der Waals surface area contributed by atoms with E-state index < -0.39 is 0 Å². The maximum Gasteiger partial charge on any atom is 0.282 e. The number of ether oxygens (including phenoxy) is 12. The van der Waals surface area contributed by atoms with Gasteiger partial charge in [-0.15, -0.1) is 61.4 Å². The molecule has 492 valence electrons. The Bertz CT molecular complexity index is 5550. The third-order valence-electron chi connectivity index (χ3n) is 15.5. The van der Waals surface area contributed by atoms with Gasteiger partial charge >= 0.3 is 0 Å². The fourth-order valence-electron chi connectivity index (χ4n) is 10.9. The standard InChI is InChI=1S/C30H18N4O4.C26H16N4O4.C22H14N4O4/c1-17-35-27-15-26-28(16-25(27)33-31-23-13-11-19-7-3-5-9-21(19)29(23)37-17)36-18(2)38-30-22-10-6-4-8-20(22)12-14-24(30)32-34-26;1-15-31-23-10-6-5-9-19(23)27-29-21-13-25-22(14-24(21)32-15)30-28-20-12-11-17-7-3-4-8-18(17)26(20)34-16(2)33-25;1-13-27-19-9-5-3-7-15(19)23-25-17-12-22-18(11-21(17)29-13)26-24-16-8-4-6-10-20(16)28-14(2)30-22/h3-16H,1-2H2;3-14H,1-2H2;3-12H,1-2H2. The highest BCUT2D eigenvalue weighted by atomic mass is 16.7. The maximum absolute atomic E-state index is 6.01. The second-order valence-corrected chi connectivity index (χ2v) is 22.3. The van der Waals surface area contributed by atoms with Gasteiger partial charge in [-0.2, -0.15) is 0 Å². The Balaban J connectivity index is 0.000000119. The molecule has 0 aromatic heterocycles. The zero-order valence-electron chi connectivity index (χ0n) is 53.3. The lowest BCUT2D eigenvalue weighted by Gasteiger charge is -2.15. The van der Waals surface area contributed by atoms with Gasteiger partial charge in [-0.1, -0.05) is 127 Å². The van der Waals surface area contributed by atoms with Gasteiger partial charge < -0.3 is 56.8 Å². The second-order valence-electron chi connectivity index (χ2n) is 22.3. The van der Waals surface area contributed by atoms with Crippen molar-refractivity contribution in [2.24, 2.45) is 61.4 Å². The van der Waals surface area contributed by atoms with Crippen LogP contribution in [0.4, 0.5) is 68.2 Å². The fraction of sp³-hybridized carbons (Fsp3) is 0. The first kappa shape index (κ1) is 61.9. The third kappa shape index (κ3) is 12.9. The maximum atomic E-state index is 6.01. The minimum absolute atomic E-state index is 0.0570. The van der Waals surface area contributed by atoms with Gasteiger partial charge in [0.05, 0.1) is 0 Å². The molecule has 24 heteroatoms. The minimum Gasteiger partial charge on any atom is -0.424 e. The number of rotatable bonds is 0. The molecule has 24 nitrogen and oxygen atoms in total. The molecule has 0 saturated carbocycles. The van der Waals surface area contributed by atoms with Gasteiger partial charge in [-0.05, 0) is 110 Å². The van der Waals surface area contributed by atoms with Crippen LogP contribution < -0.4 is 56.8 Å². The van der Waals surface area contributed by atoms with Gasteiger partial charge in [-0.3, -0.25) is 0 Å². The van der Waals surface area contributed by atoms with Gasteiger partial charge in [0, 0.05) is 52.6 Å². The van der Waals surface area contributed by atoms with Crippen molar-refractivity contribution < 1.29 is 56.8 Å². The zero-order valence-corrected chi connectivity index (χ0v) is 53.3. The first-order chi connectivity index (χ1) is 49.9. The topological polar surface area (TPSA) is 259 Å². The highest BCUT2D eigenvalue weighted by molar-refractivity contribution is 5.95. The normalized spacial score (nSPS) is 14.1. The lowest BCUT2D eigenvalue weighted by atomic mass is 10.1. The van der Waals surface area contributed by atoms with E-state index in [9.17, 15) is 0 Å². The van der Waals surface area contributed by atoms with Crippen LogP contribution >= 0.6 is 0 Å². The molecule has 0 N–H and O–H groups in total. The molecule has 0 spiro atoms. The van der Waals surface area contributed by atoms with Crippen LogP contribution in [0.1, 0.15) is 0 Å². The summed E-state index contributed by atoms with van der Waals surface area (Å²) in [4.78, 5) is 0. The lowest BCUT2D eigenvalue weighted by molar-refractivity contribution is 0.226. The fourth-order valence-corrected chi connectivity index (χ4v) is 10.9. The van der Waals surface area contributed by atoms with Crippen molar-refractivity contribution in [2.75, 3.05) is 0 Å². The summed E-state index contributed by atoms with van der Waals surface area (Å²) in [5.41, 5.74) is 5.45. The van der Waals surface area contributed by atoms with Crippen LogP contribution in [-0.4, -0.2) is 0 Å². The molecule has 0 atom stereocenters. The largest absolute Gasteiger partial charge is 0.424 e. The summed E-state index contributed by atoms with van der Waals surface area (Å²) in [6.45, 7) is 23.3. The summed E-state index contributed by atoms with van der Waals surface area (Å²) in [5, 5.41) is 57.8. The molecule has 6 heterocycles. The van der Waals surface area contributed by atoms with E-state index in [1.165, 1.54) is 0 Å². The highest BCUT2D eigenvalue weighted by Crippen LogP contribution is 2.51. The van der Waals surface area contributed by atoms with Crippen LogP contribution in [0.3, 0.4) is 0 Å². The van der Waals surface area contributed by atoms with Crippen LogP contribution in [0.5, 0.6) is 69.0 Å². The lowest BCUT2D eigenvalue weighted by Crippen LogP contribution is -2.04. The van der Waals surface area contributed by atoms with Crippen molar-refractivity contribution in [2.45, 2.75) is 0 Å². The minimum atomic E-state index is 0.0570. The molecule has 0 aliphatic carbocycles. The molecular formula is C78H48N12O12. The Morgan fingerprint density at radius 2 is 0.363 bits per heavy atom. The molecule has 6 aliphatic heterocycles. The van der Waals surface area contributed by atoms with E-state index in [4.69, 9.17) is 56.8 Å². The molecule has 0 radical (unpaired) electrons. The van der Waals surface area contributed by atoms with Crippen molar-refractivity contribution in [1.82, 2.24) is 0 Å². The first-order valence-electron chi connectivity index (χ1n) is 31.1. The molecule has 0 unspecified atom stereocenters. The molecule has 0 saturated heterocycles. The average Bonchev–Trinajstić information content (AvgIpc) is 1.56. The van der Waals surface area contributed by atoms with E-state index >= 15 is 0 Å². The summed E-state index contributed by atoms with van der Waals surface area (Å²) < 4.78 is 70.2. The van der Waals surface area contributed by atoms with Crippen LogP contribution in [-0.2, 0) is 0 Å². The van der Waals surface area contributed by atoms with Crippen molar-refractivity contribution >= 4 is 101 Å². The Hall–Kier alpha value is -14.9. The van der Waals surface area contributed by atoms with Crippen molar-refractivity contribution in [3.05, 3.63) is 294 Å². The second kappa shape index (κ2) is 26.6. The number of fused-ring (bicyclic) bond motifs is 18. The van der Waals surface area contributed by atoms with Gasteiger partial charge in [0.2, 0.25) is 0 Å². The van der Waals surface area contributed by atoms with Crippen LogP contribution in [0.2, 0.25) is 0 Å². The van der Waals surface area contributed by atoms with Crippen molar-refractivity contribution in [3.63, 3.8) is 0 Å². The number of azo groups is 6. The highest BCUT2D eigenvalue weighted by Gasteiger charge is 2.26. The van der Waals surface area contributed by atoms with Crippen LogP contribution in [0.25, 0.3) is 32.3 Å². The summed E-state index contributed by atoms with van der Waals surface area (Å²) >= 11 is 0. The Labute approximate surface area is 578 Å².